The fourth-order valence-corrected chi connectivity index (χ4v) is 7.31. The monoisotopic (exact) mass is 794 g/mol. The van der Waals surface area contributed by atoms with Crippen molar-refractivity contribution in [3.63, 3.8) is 0 Å². The van der Waals surface area contributed by atoms with Crippen LogP contribution in [0.3, 0.4) is 0 Å². The summed E-state index contributed by atoms with van der Waals surface area (Å²) in [4.78, 5) is 42.0. The summed E-state index contributed by atoms with van der Waals surface area (Å²) < 4.78 is 30.4. The van der Waals surface area contributed by atoms with Crippen molar-refractivity contribution in [1.29, 1.82) is 0 Å². The summed E-state index contributed by atoms with van der Waals surface area (Å²) in [6.45, 7) is 19.9. The maximum atomic E-state index is 14.0. The number of rotatable bonds is 14. The van der Waals surface area contributed by atoms with E-state index < -0.39 is 41.5 Å². The number of aromatic amines is 1. The third-order valence-corrected chi connectivity index (χ3v) is 11.0. The summed E-state index contributed by atoms with van der Waals surface area (Å²) in [5.74, 6) is 0.382. The van der Waals surface area contributed by atoms with Crippen LogP contribution in [0, 0.1) is 5.41 Å². The number of alkyl carbamates (subject to hydrolysis) is 1. The molecule has 12 nitrogen and oxygen atoms in total. The highest BCUT2D eigenvalue weighted by molar-refractivity contribution is 6.62. The van der Waals surface area contributed by atoms with E-state index in [1.54, 1.807) is 25.8 Å². The summed E-state index contributed by atoms with van der Waals surface area (Å²) in [7, 11) is -0.638. The van der Waals surface area contributed by atoms with E-state index in [-0.39, 0.29) is 18.9 Å². The molecule has 3 aromatic carbocycles. The first-order chi connectivity index (χ1) is 27.3. The Balaban J connectivity index is 1.42. The number of nitrogens with zero attached hydrogens (tertiary/aromatic N) is 1. The summed E-state index contributed by atoms with van der Waals surface area (Å²) in [5, 5.41) is 5.45. The van der Waals surface area contributed by atoms with E-state index in [0.29, 0.717) is 38.3 Å². The number of amides is 2. The summed E-state index contributed by atoms with van der Waals surface area (Å²) in [6.07, 6.45) is 1.93. The molecule has 2 amide bonds. The molecule has 2 saturated heterocycles. The Morgan fingerprint density at radius 3 is 2.31 bits per heavy atom. The molecule has 310 valence electrons. The SMILES string of the molecule is CC(C)(COC=O)Cc1c(B2OC(C)(C)C(C)(C)O2)[nH]c2ccc(-c3cc(C[C@H](NC(=O)OC(C)(C)C)C(=O)N4CCCCN4)cc(OCc4ccccc4)c3)cc12. The van der Waals surface area contributed by atoms with E-state index in [1.165, 1.54) is 0 Å². The number of hydrogen-bond donors (Lipinski definition) is 3. The van der Waals surface area contributed by atoms with Crippen LogP contribution in [0.5, 0.6) is 5.75 Å². The van der Waals surface area contributed by atoms with Gasteiger partial charge in [-0.25, -0.2) is 10.2 Å². The van der Waals surface area contributed by atoms with Gasteiger partial charge in [-0.1, -0.05) is 56.3 Å². The molecule has 0 spiro atoms. The Kier molecular flexibility index (Phi) is 12.7. The van der Waals surface area contributed by atoms with Crippen LogP contribution in [0.4, 0.5) is 4.79 Å². The van der Waals surface area contributed by atoms with E-state index >= 15 is 0 Å². The molecular weight excluding hydrogens is 735 g/mol. The lowest BCUT2D eigenvalue weighted by molar-refractivity contribution is -0.137. The number of hydrazine groups is 1. The molecule has 0 radical (unpaired) electrons. The molecule has 0 aliphatic carbocycles. The number of benzene rings is 3. The van der Waals surface area contributed by atoms with Gasteiger partial charge in [-0.2, -0.15) is 0 Å². The van der Waals surface area contributed by atoms with E-state index in [1.807, 2.05) is 82.3 Å². The number of carbonyl (C=O) groups is 3. The first kappa shape index (κ1) is 42.8. The van der Waals surface area contributed by atoms with Crippen LogP contribution in [0.15, 0.2) is 66.7 Å². The smallest absolute Gasteiger partial charge is 0.489 e. The first-order valence-corrected chi connectivity index (χ1v) is 20.2. The van der Waals surface area contributed by atoms with Crippen LogP contribution >= 0.6 is 0 Å². The van der Waals surface area contributed by atoms with Crippen LogP contribution < -0.4 is 21.1 Å². The summed E-state index contributed by atoms with van der Waals surface area (Å²) >= 11 is 0. The maximum absolute atomic E-state index is 14.0. The Morgan fingerprint density at radius 2 is 1.66 bits per heavy atom. The van der Waals surface area contributed by atoms with Gasteiger partial charge in [0.1, 0.15) is 24.0 Å². The van der Waals surface area contributed by atoms with Gasteiger partial charge in [-0.15, -0.1) is 0 Å². The number of H-pyrrole nitrogens is 1. The van der Waals surface area contributed by atoms with Crippen molar-refractivity contribution in [2.45, 2.75) is 117 Å². The molecule has 1 atom stereocenters. The van der Waals surface area contributed by atoms with Crippen LogP contribution in [-0.2, 0) is 47.8 Å². The Hall–Kier alpha value is -4.85. The Bertz CT molecular complexity index is 2070. The second-order valence-corrected chi connectivity index (χ2v) is 18.3. The van der Waals surface area contributed by atoms with Gasteiger partial charge in [0.25, 0.3) is 12.4 Å². The highest BCUT2D eigenvalue weighted by Gasteiger charge is 2.53. The van der Waals surface area contributed by atoms with Gasteiger partial charge in [-0.05, 0) is 120 Å². The molecule has 58 heavy (non-hydrogen) atoms. The minimum atomic E-state index is -0.908. The molecule has 2 fully saturated rings. The van der Waals surface area contributed by atoms with E-state index in [0.717, 1.165) is 57.2 Å². The molecule has 3 heterocycles. The van der Waals surface area contributed by atoms with Gasteiger partial charge in [0.05, 0.1) is 17.8 Å². The second-order valence-electron chi connectivity index (χ2n) is 18.3. The zero-order chi connectivity index (χ0) is 41.9. The molecule has 0 unspecified atom stereocenters. The lowest BCUT2D eigenvalue weighted by atomic mass is 9.76. The average molecular weight is 795 g/mol. The number of hydrogen-bond acceptors (Lipinski definition) is 9. The molecule has 13 heteroatoms. The maximum Gasteiger partial charge on any atom is 0.512 e. The molecule has 2 aliphatic rings. The summed E-state index contributed by atoms with van der Waals surface area (Å²) in [5.41, 5.74) is 7.29. The number of fused-ring (bicyclic) bond motifs is 1. The first-order valence-electron chi connectivity index (χ1n) is 20.2. The van der Waals surface area contributed by atoms with Crippen LogP contribution in [0.1, 0.15) is 91.8 Å². The topological polar surface area (TPSA) is 140 Å². The zero-order valence-corrected chi connectivity index (χ0v) is 35.5. The van der Waals surface area contributed by atoms with Gasteiger partial charge in [0.15, 0.2) is 0 Å². The lowest BCUT2D eigenvalue weighted by Gasteiger charge is -2.32. The van der Waals surface area contributed by atoms with Crippen molar-refractivity contribution in [2.24, 2.45) is 5.41 Å². The Morgan fingerprint density at radius 1 is 0.931 bits per heavy atom. The van der Waals surface area contributed by atoms with Crippen molar-refractivity contribution in [3.8, 4) is 16.9 Å². The fraction of sp³-hybridized carbons (Fsp3) is 0.489. The van der Waals surface area contributed by atoms with Crippen molar-refractivity contribution >= 4 is 42.1 Å². The standard InChI is InChI=1S/C45H59BN4O8/c1-42(2,3)56-41(53)49-38(40(52)50-20-14-13-19-47-50)23-31-21-33(24-34(22-31)55-27-30-15-11-10-12-16-30)32-17-18-37-35(25-32)36(26-43(4,5)28-54-29-51)39(48-37)46-57-44(6,7)45(8,9)58-46/h10-12,15-18,21-22,24-25,29,38,47-48H,13-14,19-20,23,26-28H2,1-9H3,(H,49,53)/t38-/m0/s1. The van der Waals surface area contributed by atoms with Gasteiger partial charge in [0.2, 0.25) is 0 Å². The van der Waals surface area contributed by atoms with Crippen molar-refractivity contribution in [3.05, 3.63) is 83.4 Å². The van der Waals surface area contributed by atoms with Gasteiger partial charge in [0, 0.05) is 41.4 Å². The van der Waals surface area contributed by atoms with Crippen molar-refractivity contribution in [2.75, 3.05) is 19.7 Å². The van der Waals surface area contributed by atoms with Crippen molar-refractivity contribution < 1.29 is 37.9 Å². The highest BCUT2D eigenvalue weighted by atomic mass is 16.7. The summed E-state index contributed by atoms with van der Waals surface area (Å²) in [6, 6.07) is 21.2. The molecule has 6 rings (SSSR count). The van der Waals surface area contributed by atoms with Crippen LogP contribution in [0.2, 0.25) is 0 Å². The van der Waals surface area contributed by atoms with Crippen molar-refractivity contribution in [1.82, 2.24) is 20.7 Å². The fourth-order valence-electron chi connectivity index (χ4n) is 7.31. The lowest BCUT2D eigenvalue weighted by Crippen LogP contribution is -2.56. The molecule has 4 aromatic rings. The van der Waals surface area contributed by atoms with Gasteiger partial charge >= 0.3 is 13.2 Å². The molecule has 0 saturated carbocycles. The number of nitrogens with one attached hydrogen (secondary N) is 3. The second kappa shape index (κ2) is 17.2. The average Bonchev–Trinajstić information content (AvgIpc) is 3.62. The number of carbonyl (C=O) groups excluding carboxylic acids is 3. The minimum Gasteiger partial charge on any atom is -0.489 e. The molecule has 0 bridgehead atoms. The molecule has 1 aromatic heterocycles. The van der Waals surface area contributed by atoms with E-state index in [9.17, 15) is 14.4 Å². The number of ether oxygens (including phenoxy) is 3. The molecule has 2 aliphatic heterocycles. The predicted molar refractivity (Wildman–Crippen MR) is 226 cm³/mol. The van der Waals surface area contributed by atoms with E-state index in [4.69, 9.17) is 23.5 Å². The number of aromatic nitrogens is 1. The zero-order valence-electron chi connectivity index (χ0n) is 35.5. The van der Waals surface area contributed by atoms with E-state index in [2.05, 4.69) is 41.7 Å². The largest absolute Gasteiger partial charge is 0.512 e. The third-order valence-electron chi connectivity index (χ3n) is 11.0. The Labute approximate surface area is 342 Å². The predicted octanol–water partition coefficient (Wildman–Crippen LogP) is 7.02. The quantitative estimate of drug-likeness (QED) is 0.0908. The molecule has 3 N–H and O–H groups in total. The van der Waals surface area contributed by atoms with Gasteiger partial charge < -0.3 is 33.8 Å². The normalized spacial score (nSPS) is 17.2. The highest BCUT2D eigenvalue weighted by Crippen LogP contribution is 2.39. The van der Waals surface area contributed by atoms with Gasteiger partial charge in [-0.3, -0.25) is 14.6 Å². The van der Waals surface area contributed by atoms with Crippen LogP contribution in [0.25, 0.3) is 22.0 Å². The van der Waals surface area contributed by atoms with Crippen LogP contribution in [-0.4, -0.2) is 78.1 Å². The third kappa shape index (κ3) is 10.4. The molecular formula is C45H59BN4O8. The minimum absolute atomic E-state index is 0.195.